The Morgan fingerprint density at radius 3 is 2.58 bits per heavy atom. The Bertz CT molecular complexity index is 367. The van der Waals surface area contributed by atoms with Crippen LogP contribution in [0.25, 0.3) is 0 Å². The number of carbonyl (C=O) groups is 1. The van der Waals surface area contributed by atoms with E-state index < -0.39 is 25.9 Å². The van der Waals surface area contributed by atoms with Crippen LogP contribution >= 0.6 is 0 Å². The molecule has 0 radical (unpaired) electrons. The molecule has 0 unspecified atom stereocenters. The first-order valence-corrected chi connectivity index (χ1v) is 4.32. The van der Waals surface area contributed by atoms with E-state index in [2.05, 4.69) is 0 Å². The predicted octanol–water partition coefficient (Wildman–Crippen LogP) is -1.05. The number of rotatable bonds is 1. The first-order chi connectivity index (χ1) is 5.43. The summed E-state index contributed by atoms with van der Waals surface area (Å²) in [6.07, 6.45) is 0.490. The highest BCUT2D eigenvalue weighted by Crippen LogP contribution is 2.11. The number of hydrogen-bond acceptors (Lipinski definition) is 5. The molecule has 0 saturated carbocycles. The molecular formula is C4H4N2O5S. The maximum atomic E-state index is 10.8. The van der Waals surface area contributed by atoms with Crippen LogP contribution in [0.5, 0.6) is 0 Å². The van der Waals surface area contributed by atoms with Crippen LogP contribution < -0.4 is 4.72 Å². The minimum atomic E-state index is -4.21. The van der Waals surface area contributed by atoms with Gasteiger partial charge in [0.15, 0.2) is 0 Å². The second-order valence-electron chi connectivity index (χ2n) is 2.03. The zero-order chi connectivity index (χ0) is 9.35. The van der Waals surface area contributed by atoms with Crippen LogP contribution in [0.2, 0.25) is 0 Å². The van der Waals surface area contributed by atoms with Crippen molar-refractivity contribution in [2.75, 3.05) is 0 Å². The second-order valence-corrected chi connectivity index (χ2v) is 3.66. The molecule has 12 heavy (non-hydrogen) atoms. The quantitative estimate of drug-likeness (QED) is 0.421. The average molecular weight is 192 g/mol. The van der Waals surface area contributed by atoms with Crippen molar-refractivity contribution in [2.24, 2.45) is 0 Å². The van der Waals surface area contributed by atoms with E-state index in [9.17, 15) is 23.3 Å². The molecule has 1 aliphatic heterocycles. The summed E-state index contributed by atoms with van der Waals surface area (Å²) in [5.74, 6) is -0.763. The summed E-state index contributed by atoms with van der Waals surface area (Å²) in [6, 6.07) is 0. The Hall–Kier alpha value is -1.44. The van der Waals surface area contributed by atoms with Crippen molar-refractivity contribution in [1.82, 2.24) is 4.72 Å². The third kappa shape index (κ3) is 1.42. The van der Waals surface area contributed by atoms with Crippen molar-refractivity contribution in [3.05, 3.63) is 21.2 Å². The molecule has 1 N–H and O–H groups in total. The Morgan fingerprint density at radius 2 is 2.17 bits per heavy atom. The highest BCUT2D eigenvalue weighted by atomic mass is 32.2. The molecule has 1 aliphatic rings. The lowest BCUT2D eigenvalue weighted by atomic mass is 10.4. The van der Waals surface area contributed by atoms with Gasteiger partial charge in [0.25, 0.3) is 0 Å². The van der Waals surface area contributed by atoms with Crippen LogP contribution in [0.15, 0.2) is 11.1 Å². The van der Waals surface area contributed by atoms with E-state index in [0.29, 0.717) is 0 Å². The molecule has 0 aromatic rings. The minimum Gasteiger partial charge on any atom is -0.274 e. The first kappa shape index (κ1) is 8.65. The molecule has 1 amide bonds. The summed E-state index contributed by atoms with van der Waals surface area (Å²) in [6.45, 7) is 0. The summed E-state index contributed by atoms with van der Waals surface area (Å²) in [5, 5.41) is 9.11. The monoisotopic (exact) mass is 192 g/mol. The van der Waals surface area contributed by atoms with Crippen LogP contribution in [0, 0.1) is 10.1 Å². The smallest absolute Gasteiger partial charge is 0.274 e. The van der Waals surface area contributed by atoms with E-state index in [0.717, 1.165) is 6.08 Å². The maximum Gasteiger partial charge on any atom is 0.375 e. The molecular weight excluding hydrogens is 188 g/mol. The summed E-state index contributed by atoms with van der Waals surface area (Å²) >= 11 is 0. The molecule has 0 aliphatic carbocycles. The average Bonchev–Trinajstić information content (AvgIpc) is 1.82. The lowest BCUT2D eigenvalue weighted by molar-refractivity contribution is -0.412. The van der Waals surface area contributed by atoms with Gasteiger partial charge in [-0.05, 0) is 0 Å². The lowest BCUT2D eigenvalue weighted by Crippen LogP contribution is -2.36. The van der Waals surface area contributed by atoms with Gasteiger partial charge in [0.2, 0.25) is 5.91 Å². The van der Waals surface area contributed by atoms with Gasteiger partial charge in [0.05, 0.1) is 11.3 Å². The fourth-order valence-corrected chi connectivity index (χ4v) is 1.69. The predicted molar refractivity (Wildman–Crippen MR) is 36.8 cm³/mol. The molecule has 1 rings (SSSR count). The Morgan fingerprint density at radius 1 is 1.58 bits per heavy atom. The highest BCUT2D eigenvalue weighted by molar-refractivity contribution is 7.93. The molecule has 7 nitrogen and oxygen atoms in total. The van der Waals surface area contributed by atoms with Crippen LogP contribution in [0.3, 0.4) is 0 Å². The zero-order valence-corrected chi connectivity index (χ0v) is 6.50. The number of nitrogens with zero attached hydrogens (tertiary/aromatic N) is 1. The van der Waals surface area contributed by atoms with Crippen molar-refractivity contribution in [3.63, 3.8) is 0 Å². The first-order valence-electron chi connectivity index (χ1n) is 2.83. The van der Waals surface area contributed by atoms with Crippen LogP contribution in [0.1, 0.15) is 6.42 Å². The van der Waals surface area contributed by atoms with E-state index >= 15 is 0 Å². The molecule has 0 aromatic heterocycles. The fourth-order valence-electron chi connectivity index (χ4n) is 0.706. The molecule has 0 atom stereocenters. The number of hydrogen-bond donors (Lipinski definition) is 1. The Balaban J connectivity index is 3.18. The highest BCUT2D eigenvalue weighted by Gasteiger charge is 2.34. The number of carbonyl (C=O) groups excluding carboxylic acids is 1. The number of nitrogens with one attached hydrogen (secondary N) is 1. The van der Waals surface area contributed by atoms with Crippen molar-refractivity contribution in [3.8, 4) is 0 Å². The summed E-state index contributed by atoms with van der Waals surface area (Å²) < 4.78 is 23.1. The zero-order valence-electron chi connectivity index (χ0n) is 5.68. The third-order valence-corrected chi connectivity index (χ3v) is 2.53. The van der Waals surface area contributed by atoms with E-state index in [4.69, 9.17) is 0 Å². The van der Waals surface area contributed by atoms with E-state index in [-0.39, 0.29) is 6.42 Å². The van der Waals surface area contributed by atoms with Gasteiger partial charge >= 0.3 is 15.1 Å². The third-order valence-electron chi connectivity index (χ3n) is 1.17. The molecule has 0 saturated heterocycles. The van der Waals surface area contributed by atoms with E-state index in [1.54, 1.807) is 0 Å². The lowest BCUT2D eigenvalue weighted by Gasteiger charge is -2.07. The molecule has 1 heterocycles. The van der Waals surface area contributed by atoms with Gasteiger partial charge in [-0.3, -0.25) is 14.9 Å². The molecule has 0 fully saturated rings. The maximum absolute atomic E-state index is 10.8. The summed E-state index contributed by atoms with van der Waals surface area (Å²) in [4.78, 5) is 19.5. The SMILES string of the molecule is O=C1CC=C([N+](=O)[O-])S(=O)(=O)N1. The molecule has 8 heteroatoms. The van der Waals surface area contributed by atoms with Gasteiger partial charge in [-0.2, -0.15) is 8.42 Å². The topological polar surface area (TPSA) is 106 Å². The van der Waals surface area contributed by atoms with Crippen molar-refractivity contribution in [2.45, 2.75) is 6.42 Å². The minimum absolute atomic E-state index is 0.282. The van der Waals surface area contributed by atoms with E-state index in [1.807, 2.05) is 0 Å². The van der Waals surface area contributed by atoms with Crippen molar-refractivity contribution in [1.29, 1.82) is 0 Å². The number of nitro groups is 1. The Kier molecular flexibility index (Phi) is 1.84. The molecule has 0 aromatic carbocycles. The van der Waals surface area contributed by atoms with Gasteiger partial charge in [0, 0.05) is 6.08 Å². The van der Waals surface area contributed by atoms with Gasteiger partial charge in [-0.15, -0.1) is 0 Å². The van der Waals surface area contributed by atoms with Gasteiger partial charge in [-0.25, -0.2) is 4.72 Å². The Labute approximate surface area is 67.3 Å². The summed E-state index contributed by atoms with van der Waals surface area (Å²) in [7, 11) is -4.21. The van der Waals surface area contributed by atoms with Gasteiger partial charge < -0.3 is 0 Å². The van der Waals surface area contributed by atoms with Gasteiger partial charge in [0.1, 0.15) is 0 Å². The van der Waals surface area contributed by atoms with Crippen LogP contribution in [0.4, 0.5) is 0 Å². The molecule has 0 spiro atoms. The van der Waals surface area contributed by atoms with Gasteiger partial charge in [-0.1, -0.05) is 0 Å². The number of amides is 1. The molecule has 0 bridgehead atoms. The van der Waals surface area contributed by atoms with Crippen molar-refractivity contribution >= 4 is 15.9 Å². The normalized spacial score (nSPS) is 21.0. The second kappa shape index (κ2) is 2.55. The molecule has 66 valence electrons. The summed E-state index contributed by atoms with van der Waals surface area (Å²) in [5.41, 5.74) is 0. The van der Waals surface area contributed by atoms with Crippen molar-refractivity contribution < 1.29 is 18.1 Å². The fraction of sp³-hybridized carbons (Fsp3) is 0.250. The standard InChI is InChI=1S/C4H4N2O5S/c7-3-1-2-4(6(8)9)12(10,11)5-3/h2H,1H2,(H,5,7). The van der Waals surface area contributed by atoms with Crippen LogP contribution in [-0.4, -0.2) is 19.2 Å². The van der Waals surface area contributed by atoms with Crippen LogP contribution in [-0.2, 0) is 14.8 Å². The number of sulfonamides is 1. The largest absolute Gasteiger partial charge is 0.375 e. The van der Waals surface area contributed by atoms with E-state index in [1.165, 1.54) is 4.72 Å².